The summed E-state index contributed by atoms with van der Waals surface area (Å²) in [6.45, 7) is 2.04. The van der Waals surface area contributed by atoms with E-state index in [0.29, 0.717) is 22.4 Å². The lowest BCUT2D eigenvalue weighted by Gasteiger charge is -2.08. The van der Waals surface area contributed by atoms with Gasteiger partial charge in [0, 0.05) is 22.5 Å². The van der Waals surface area contributed by atoms with E-state index in [1.807, 2.05) is 54.1 Å². The van der Waals surface area contributed by atoms with Crippen LogP contribution in [0.1, 0.15) is 5.56 Å². The zero-order valence-electron chi connectivity index (χ0n) is 17.4. The number of ether oxygens (including phenoxy) is 2. The smallest absolute Gasteiger partial charge is 0.161 e. The molecule has 0 saturated carbocycles. The van der Waals surface area contributed by atoms with Gasteiger partial charge in [0.1, 0.15) is 11.5 Å². The highest BCUT2D eigenvalue weighted by atomic mass is 19.1. The standard InChI is InChI=1S/C25H20FN3O2/c1-15-4-8-18(9-5-15)29-25-19-13-17(26)7-10-21(19)27-14-20(25)24(28-29)16-6-11-22(30-2)23(12-16)31-3/h4-14H,1-3H3. The number of hydrogen-bond acceptors (Lipinski definition) is 4. The van der Waals surface area contributed by atoms with E-state index in [1.165, 1.54) is 12.1 Å². The van der Waals surface area contributed by atoms with Crippen LogP contribution in [-0.4, -0.2) is 29.0 Å². The Morgan fingerprint density at radius 3 is 2.35 bits per heavy atom. The zero-order chi connectivity index (χ0) is 21.5. The van der Waals surface area contributed by atoms with Gasteiger partial charge in [0.2, 0.25) is 0 Å². The number of hydrogen-bond donors (Lipinski definition) is 0. The quantitative estimate of drug-likeness (QED) is 0.379. The summed E-state index contributed by atoms with van der Waals surface area (Å²) in [6, 6.07) is 18.3. The van der Waals surface area contributed by atoms with E-state index in [1.54, 1.807) is 26.5 Å². The summed E-state index contributed by atoms with van der Waals surface area (Å²) in [5.74, 6) is 0.933. The summed E-state index contributed by atoms with van der Waals surface area (Å²) in [5, 5.41) is 6.46. The van der Waals surface area contributed by atoms with E-state index < -0.39 is 0 Å². The lowest BCUT2D eigenvalue weighted by molar-refractivity contribution is 0.355. The van der Waals surface area contributed by atoms with Gasteiger partial charge in [0.05, 0.1) is 30.9 Å². The number of nitrogens with zero attached hydrogens (tertiary/aromatic N) is 3. The first-order valence-corrected chi connectivity index (χ1v) is 9.85. The van der Waals surface area contributed by atoms with Crippen molar-refractivity contribution in [3.05, 3.63) is 78.2 Å². The Labute approximate surface area is 178 Å². The molecular weight excluding hydrogens is 393 g/mol. The average Bonchev–Trinajstić information content (AvgIpc) is 3.19. The van der Waals surface area contributed by atoms with E-state index in [4.69, 9.17) is 14.6 Å². The van der Waals surface area contributed by atoms with Gasteiger partial charge < -0.3 is 9.47 Å². The molecule has 5 aromatic rings. The predicted molar refractivity (Wildman–Crippen MR) is 120 cm³/mol. The van der Waals surface area contributed by atoms with Crippen LogP contribution in [0.25, 0.3) is 38.8 Å². The minimum absolute atomic E-state index is 0.314. The molecule has 0 N–H and O–H groups in total. The second-order valence-corrected chi connectivity index (χ2v) is 7.35. The van der Waals surface area contributed by atoms with Crippen LogP contribution in [0.2, 0.25) is 0 Å². The van der Waals surface area contributed by atoms with Crippen molar-refractivity contribution in [2.24, 2.45) is 0 Å². The average molecular weight is 413 g/mol. The van der Waals surface area contributed by atoms with Crippen molar-refractivity contribution in [3.63, 3.8) is 0 Å². The molecule has 0 aliphatic carbocycles. The van der Waals surface area contributed by atoms with E-state index in [-0.39, 0.29) is 5.82 Å². The van der Waals surface area contributed by atoms with Gasteiger partial charge in [-0.05, 0) is 55.5 Å². The fraction of sp³-hybridized carbons (Fsp3) is 0.120. The molecule has 0 saturated heterocycles. The van der Waals surface area contributed by atoms with Crippen LogP contribution < -0.4 is 9.47 Å². The van der Waals surface area contributed by atoms with Crippen molar-refractivity contribution < 1.29 is 13.9 Å². The molecule has 5 rings (SSSR count). The van der Waals surface area contributed by atoms with Gasteiger partial charge in [0.15, 0.2) is 11.5 Å². The second-order valence-electron chi connectivity index (χ2n) is 7.35. The second kappa shape index (κ2) is 7.40. The van der Waals surface area contributed by atoms with Crippen LogP contribution in [0.4, 0.5) is 4.39 Å². The number of halogens is 1. The fourth-order valence-corrected chi connectivity index (χ4v) is 3.83. The van der Waals surface area contributed by atoms with Crippen molar-refractivity contribution >= 4 is 21.8 Å². The summed E-state index contributed by atoms with van der Waals surface area (Å²) in [4.78, 5) is 4.56. The molecule has 2 heterocycles. The number of fused-ring (bicyclic) bond motifs is 3. The van der Waals surface area contributed by atoms with Crippen molar-refractivity contribution in [2.75, 3.05) is 14.2 Å². The highest BCUT2D eigenvalue weighted by Crippen LogP contribution is 2.37. The molecule has 6 heteroatoms. The van der Waals surface area contributed by atoms with Crippen molar-refractivity contribution in [1.82, 2.24) is 14.8 Å². The van der Waals surface area contributed by atoms with Gasteiger partial charge in [-0.3, -0.25) is 4.98 Å². The van der Waals surface area contributed by atoms with E-state index in [9.17, 15) is 4.39 Å². The van der Waals surface area contributed by atoms with Gasteiger partial charge in [-0.25, -0.2) is 9.07 Å². The highest BCUT2D eigenvalue weighted by molar-refractivity contribution is 6.08. The molecule has 5 nitrogen and oxygen atoms in total. The molecule has 0 spiro atoms. The predicted octanol–water partition coefficient (Wildman–Crippen LogP) is 5.71. The number of aromatic nitrogens is 3. The molecular formula is C25H20FN3O2. The van der Waals surface area contributed by atoms with E-state index >= 15 is 0 Å². The van der Waals surface area contributed by atoms with Crippen LogP contribution in [-0.2, 0) is 0 Å². The zero-order valence-corrected chi connectivity index (χ0v) is 17.4. The SMILES string of the molecule is COc1ccc(-c2nn(-c3ccc(C)cc3)c3c2cnc2ccc(F)cc23)cc1OC. The van der Waals surface area contributed by atoms with Crippen molar-refractivity contribution in [3.8, 4) is 28.4 Å². The molecule has 0 amide bonds. The Hall–Kier alpha value is -3.93. The number of rotatable bonds is 4. The van der Waals surface area contributed by atoms with E-state index in [0.717, 1.165) is 33.4 Å². The van der Waals surface area contributed by atoms with Crippen LogP contribution >= 0.6 is 0 Å². The maximum absolute atomic E-state index is 14.2. The van der Waals surface area contributed by atoms with E-state index in [2.05, 4.69) is 4.98 Å². The van der Waals surface area contributed by atoms with Gasteiger partial charge in [-0.15, -0.1) is 0 Å². The summed E-state index contributed by atoms with van der Waals surface area (Å²) < 4.78 is 26.9. The molecule has 0 unspecified atom stereocenters. The third-order valence-corrected chi connectivity index (χ3v) is 5.40. The number of methoxy groups -OCH3 is 2. The number of aryl methyl sites for hydroxylation is 1. The van der Waals surface area contributed by atoms with Gasteiger partial charge in [-0.1, -0.05) is 17.7 Å². The van der Waals surface area contributed by atoms with Crippen molar-refractivity contribution in [2.45, 2.75) is 6.92 Å². The summed E-state index contributed by atoms with van der Waals surface area (Å²) in [6.07, 6.45) is 1.79. The number of pyridine rings is 1. The monoisotopic (exact) mass is 413 g/mol. The Kier molecular flexibility index (Phi) is 4.55. The topological polar surface area (TPSA) is 49.2 Å². The first-order valence-electron chi connectivity index (χ1n) is 9.85. The van der Waals surface area contributed by atoms with Gasteiger partial charge in [0.25, 0.3) is 0 Å². The minimum Gasteiger partial charge on any atom is -0.493 e. The Balaban J connectivity index is 1.86. The first kappa shape index (κ1) is 19.1. The molecule has 154 valence electrons. The fourth-order valence-electron chi connectivity index (χ4n) is 3.83. The third-order valence-electron chi connectivity index (χ3n) is 5.40. The Morgan fingerprint density at radius 1 is 0.839 bits per heavy atom. The van der Waals surface area contributed by atoms with Crippen molar-refractivity contribution in [1.29, 1.82) is 0 Å². The maximum Gasteiger partial charge on any atom is 0.161 e. The molecule has 0 fully saturated rings. The Morgan fingerprint density at radius 2 is 1.61 bits per heavy atom. The third kappa shape index (κ3) is 3.17. The molecule has 31 heavy (non-hydrogen) atoms. The normalized spacial score (nSPS) is 11.2. The van der Waals surface area contributed by atoms with Crippen LogP contribution in [0.15, 0.2) is 66.9 Å². The first-order chi connectivity index (χ1) is 15.1. The van der Waals surface area contributed by atoms with Crippen LogP contribution in [0, 0.1) is 12.7 Å². The van der Waals surface area contributed by atoms with Crippen LogP contribution in [0.5, 0.6) is 11.5 Å². The molecule has 2 aromatic heterocycles. The molecule has 3 aromatic carbocycles. The minimum atomic E-state index is -0.314. The summed E-state index contributed by atoms with van der Waals surface area (Å²) in [5.41, 5.74) is 5.14. The number of benzene rings is 3. The summed E-state index contributed by atoms with van der Waals surface area (Å²) >= 11 is 0. The van der Waals surface area contributed by atoms with Gasteiger partial charge in [-0.2, -0.15) is 5.10 Å². The Bertz CT molecular complexity index is 1420. The molecule has 0 radical (unpaired) electrons. The highest BCUT2D eigenvalue weighted by Gasteiger charge is 2.19. The maximum atomic E-state index is 14.2. The molecule has 0 atom stereocenters. The molecule has 0 aliphatic rings. The molecule has 0 aliphatic heterocycles. The van der Waals surface area contributed by atoms with Gasteiger partial charge >= 0.3 is 0 Å². The lowest BCUT2D eigenvalue weighted by atomic mass is 10.1. The largest absolute Gasteiger partial charge is 0.493 e. The molecule has 0 bridgehead atoms. The lowest BCUT2D eigenvalue weighted by Crippen LogP contribution is -1.97. The van der Waals surface area contributed by atoms with Crippen LogP contribution in [0.3, 0.4) is 0 Å². The summed E-state index contributed by atoms with van der Waals surface area (Å²) in [7, 11) is 3.20.